The van der Waals surface area contributed by atoms with Gasteiger partial charge in [-0.2, -0.15) is 0 Å². The van der Waals surface area contributed by atoms with E-state index in [4.69, 9.17) is 4.74 Å². The Balaban J connectivity index is 1.35. The number of hydrogen-bond acceptors (Lipinski definition) is 8. The van der Waals surface area contributed by atoms with E-state index >= 15 is 0 Å². The molecule has 0 unspecified atom stereocenters. The molecule has 1 saturated heterocycles. The highest BCUT2D eigenvalue weighted by Crippen LogP contribution is 2.24. The highest BCUT2D eigenvalue weighted by atomic mass is 16.5. The Morgan fingerprint density at radius 3 is 2.45 bits per heavy atom. The first-order valence-electron chi connectivity index (χ1n) is 10.2. The van der Waals surface area contributed by atoms with Gasteiger partial charge in [-0.3, -0.25) is 0 Å². The van der Waals surface area contributed by atoms with Gasteiger partial charge in [-0.25, -0.2) is 19.5 Å². The summed E-state index contributed by atoms with van der Waals surface area (Å²) in [6.07, 6.45) is 5.39. The van der Waals surface area contributed by atoms with E-state index in [9.17, 15) is 0 Å². The zero-order valence-corrected chi connectivity index (χ0v) is 17.6. The molecule has 1 fully saturated rings. The lowest BCUT2D eigenvalue weighted by molar-refractivity contribution is 0.312. The van der Waals surface area contributed by atoms with Gasteiger partial charge in [0.1, 0.15) is 5.82 Å². The van der Waals surface area contributed by atoms with Crippen LogP contribution in [0.3, 0.4) is 0 Å². The third-order valence-electron chi connectivity index (χ3n) is 5.47. The second-order valence-electron chi connectivity index (χ2n) is 7.55. The van der Waals surface area contributed by atoms with Crippen molar-refractivity contribution in [2.45, 2.75) is 0 Å². The molecule has 9 nitrogen and oxygen atoms in total. The van der Waals surface area contributed by atoms with E-state index in [1.165, 1.54) is 0 Å². The number of nitrogens with one attached hydrogen (secondary N) is 1. The van der Waals surface area contributed by atoms with E-state index in [2.05, 4.69) is 42.2 Å². The zero-order chi connectivity index (χ0) is 21.2. The molecule has 1 aliphatic rings. The van der Waals surface area contributed by atoms with E-state index in [1.54, 1.807) is 19.5 Å². The Morgan fingerprint density at radius 2 is 1.74 bits per heavy atom. The SMILES string of the molecule is COc1ccc(-c2ccc3cnc(Nc4ccc(N5CCN(C)CC5)nc4)nn23)cn1. The number of pyridine rings is 2. The van der Waals surface area contributed by atoms with E-state index in [-0.39, 0.29) is 0 Å². The number of aromatic nitrogens is 5. The summed E-state index contributed by atoms with van der Waals surface area (Å²) in [5, 5.41) is 7.91. The van der Waals surface area contributed by atoms with Gasteiger partial charge in [0.2, 0.25) is 11.8 Å². The molecular weight excluding hydrogens is 392 g/mol. The number of rotatable bonds is 5. The highest BCUT2D eigenvalue weighted by Gasteiger charge is 2.15. The zero-order valence-electron chi connectivity index (χ0n) is 17.6. The number of anilines is 3. The maximum Gasteiger partial charge on any atom is 0.245 e. The molecule has 1 N–H and O–H groups in total. The quantitative estimate of drug-likeness (QED) is 0.532. The molecule has 0 aliphatic carbocycles. The molecule has 5 rings (SSSR count). The van der Waals surface area contributed by atoms with Crippen LogP contribution in [0.1, 0.15) is 0 Å². The van der Waals surface area contributed by atoms with Crippen LogP contribution < -0.4 is 15.0 Å². The molecule has 4 aromatic rings. The van der Waals surface area contributed by atoms with Crippen LogP contribution in [-0.2, 0) is 0 Å². The van der Waals surface area contributed by atoms with Crippen LogP contribution in [0, 0.1) is 0 Å². The topological polar surface area (TPSA) is 83.7 Å². The molecule has 0 saturated carbocycles. The largest absolute Gasteiger partial charge is 0.481 e. The maximum atomic E-state index is 5.15. The Kier molecular flexibility index (Phi) is 5.09. The van der Waals surface area contributed by atoms with Crippen LogP contribution in [-0.4, -0.2) is 69.8 Å². The number of piperazine rings is 1. The highest BCUT2D eigenvalue weighted by molar-refractivity contribution is 5.66. The smallest absolute Gasteiger partial charge is 0.245 e. The Labute approximate surface area is 180 Å². The van der Waals surface area contributed by atoms with Crippen LogP contribution >= 0.6 is 0 Å². The molecule has 4 aromatic heterocycles. The molecule has 9 heteroatoms. The van der Waals surface area contributed by atoms with Crippen molar-refractivity contribution in [3.05, 3.63) is 55.0 Å². The lowest BCUT2D eigenvalue weighted by atomic mass is 10.2. The van der Waals surface area contributed by atoms with Crippen molar-refractivity contribution in [2.75, 3.05) is 50.6 Å². The predicted molar refractivity (Wildman–Crippen MR) is 120 cm³/mol. The molecule has 0 aromatic carbocycles. The Bertz CT molecular complexity index is 1160. The van der Waals surface area contributed by atoms with Crippen LogP contribution in [0.4, 0.5) is 17.5 Å². The number of likely N-dealkylation sites (N-methyl/N-ethyl adjacent to an activating group) is 1. The van der Waals surface area contributed by atoms with Gasteiger partial charge in [0.05, 0.1) is 36.4 Å². The van der Waals surface area contributed by atoms with Gasteiger partial charge in [0, 0.05) is 44.0 Å². The lowest BCUT2D eigenvalue weighted by Gasteiger charge is -2.33. The predicted octanol–water partition coefficient (Wildman–Crippen LogP) is 2.69. The fraction of sp³-hybridized carbons (Fsp3) is 0.273. The summed E-state index contributed by atoms with van der Waals surface area (Å²) in [5.41, 5.74) is 3.62. The van der Waals surface area contributed by atoms with Gasteiger partial charge in [0.15, 0.2) is 0 Å². The van der Waals surface area contributed by atoms with Crippen molar-refractivity contribution in [1.29, 1.82) is 0 Å². The molecule has 0 radical (unpaired) electrons. The van der Waals surface area contributed by atoms with Crippen molar-refractivity contribution in [3.8, 4) is 17.1 Å². The monoisotopic (exact) mass is 416 g/mol. The van der Waals surface area contributed by atoms with Gasteiger partial charge in [0.25, 0.3) is 0 Å². The van der Waals surface area contributed by atoms with Crippen LogP contribution in [0.25, 0.3) is 16.8 Å². The number of fused-ring (bicyclic) bond motifs is 1. The molecule has 0 bridgehead atoms. The first-order valence-corrected chi connectivity index (χ1v) is 10.2. The number of ether oxygens (including phenoxy) is 1. The Morgan fingerprint density at radius 1 is 0.871 bits per heavy atom. The Hall–Kier alpha value is -3.72. The lowest BCUT2D eigenvalue weighted by Crippen LogP contribution is -2.44. The van der Waals surface area contributed by atoms with Crippen molar-refractivity contribution >= 4 is 23.0 Å². The average Bonchev–Trinajstić information content (AvgIpc) is 3.23. The standard InChI is InChI=1S/C22H24N8O/c1-28-9-11-29(12-10-28)20-7-4-17(14-23-20)26-22-25-15-18-5-6-19(30(18)27-22)16-3-8-21(31-2)24-13-16/h3-8,13-15H,9-12H2,1-2H3,(H,26,27). The summed E-state index contributed by atoms with van der Waals surface area (Å²) < 4.78 is 7.00. The number of hydrogen-bond donors (Lipinski definition) is 1. The van der Waals surface area contributed by atoms with Gasteiger partial charge >= 0.3 is 0 Å². The molecule has 0 amide bonds. The normalized spacial score (nSPS) is 14.7. The summed E-state index contributed by atoms with van der Waals surface area (Å²) in [6, 6.07) is 11.8. The molecule has 158 valence electrons. The summed E-state index contributed by atoms with van der Waals surface area (Å²) in [7, 11) is 3.75. The third kappa shape index (κ3) is 3.99. The summed E-state index contributed by atoms with van der Waals surface area (Å²) >= 11 is 0. The minimum absolute atomic E-state index is 0.501. The average molecular weight is 416 g/mol. The minimum Gasteiger partial charge on any atom is -0.481 e. The van der Waals surface area contributed by atoms with Crippen molar-refractivity contribution < 1.29 is 4.74 Å². The third-order valence-corrected chi connectivity index (χ3v) is 5.47. The first kappa shape index (κ1) is 19.3. The van der Waals surface area contributed by atoms with Crippen molar-refractivity contribution in [1.82, 2.24) is 29.5 Å². The minimum atomic E-state index is 0.501. The van der Waals surface area contributed by atoms with Gasteiger partial charge in [-0.15, -0.1) is 5.10 Å². The fourth-order valence-corrected chi connectivity index (χ4v) is 3.64. The van der Waals surface area contributed by atoms with Crippen molar-refractivity contribution in [2.24, 2.45) is 0 Å². The fourth-order valence-electron chi connectivity index (χ4n) is 3.64. The first-order chi connectivity index (χ1) is 15.2. The maximum absolute atomic E-state index is 5.15. The molecule has 0 atom stereocenters. The van der Waals surface area contributed by atoms with E-state index in [0.717, 1.165) is 54.5 Å². The van der Waals surface area contributed by atoms with Gasteiger partial charge in [-0.1, -0.05) is 0 Å². The molecule has 31 heavy (non-hydrogen) atoms. The van der Waals surface area contributed by atoms with Gasteiger partial charge in [-0.05, 0) is 37.4 Å². The van der Waals surface area contributed by atoms with Crippen molar-refractivity contribution in [3.63, 3.8) is 0 Å². The van der Waals surface area contributed by atoms with E-state index < -0.39 is 0 Å². The van der Waals surface area contributed by atoms with Gasteiger partial charge < -0.3 is 19.9 Å². The molecule has 0 spiro atoms. The second kappa shape index (κ2) is 8.19. The second-order valence-corrected chi connectivity index (χ2v) is 7.55. The molecule has 5 heterocycles. The summed E-state index contributed by atoms with van der Waals surface area (Å²) in [5.74, 6) is 2.07. The van der Waals surface area contributed by atoms with Crippen LogP contribution in [0.5, 0.6) is 5.88 Å². The van der Waals surface area contributed by atoms with E-state index in [1.807, 2.05) is 47.1 Å². The number of methoxy groups -OCH3 is 1. The summed E-state index contributed by atoms with van der Waals surface area (Å²) in [4.78, 5) is 18.0. The molecular formula is C22H24N8O. The van der Waals surface area contributed by atoms with Crippen LogP contribution in [0.15, 0.2) is 55.0 Å². The summed E-state index contributed by atoms with van der Waals surface area (Å²) in [6.45, 7) is 4.09. The van der Waals surface area contributed by atoms with E-state index in [0.29, 0.717) is 11.8 Å². The molecule has 1 aliphatic heterocycles. The van der Waals surface area contributed by atoms with Crippen LogP contribution in [0.2, 0.25) is 0 Å². The number of nitrogens with zero attached hydrogens (tertiary/aromatic N) is 7.